The van der Waals surface area contributed by atoms with Gasteiger partial charge in [0, 0.05) is 25.7 Å². The number of nitrogens with zero attached hydrogens (tertiary/aromatic N) is 2. The van der Waals surface area contributed by atoms with Crippen LogP contribution in [0.2, 0.25) is 0 Å². The number of likely N-dealkylation sites (tertiary alicyclic amines) is 1. The van der Waals surface area contributed by atoms with E-state index in [1.807, 2.05) is 0 Å². The number of piperidine rings is 1. The third-order valence-corrected chi connectivity index (χ3v) is 4.11. The maximum atomic E-state index is 12.6. The second-order valence-corrected chi connectivity index (χ2v) is 5.86. The summed E-state index contributed by atoms with van der Waals surface area (Å²) < 4.78 is 0. The summed E-state index contributed by atoms with van der Waals surface area (Å²) >= 11 is 0. The maximum absolute atomic E-state index is 12.6. The predicted octanol–water partition coefficient (Wildman–Crippen LogP) is 1.14. The van der Waals surface area contributed by atoms with Gasteiger partial charge in [-0.2, -0.15) is 0 Å². The molecule has 1 atom stereocenters. The van der Waals surface area contributed by atoms with E-state index in [4.69, 9.17) is 10.2 Å². The molecule has 2 N–H and O–H groups in total. The summed E-state index contributed by atoms with van der Waals surface area (Å²) in [6.07, 6.45) is 5.67. The lowest BCUT2D eigenvalue weighted by molar-refractivity contribution is -0.137. The molecule has 1 unspecified atom stereocenters. The van der Waals surface area contributed by atoms with Gasteiger partial charge in [-0.3, -0.25) is 4.79 Å². The van der Waals surface area contributed by atoms with E-state index in [1.54, 1.807) is 4.90 Å². The van der Waals surface area contributed by atoms with Crippen molar-refractivity contribution >= 4 is 12.0 Å². The van der Waals surface area contributed by atoms with Crippen LogP contribution in [0.1, 0.15) is 38.5 Å². The Morgan fingerprint density at radius 2 is 1.95 bits per heavy atom. The number of amides is 2. The third kappa shape index (κ3) is 4.10. The molecule has 20 heavy (non-hydrogen) atoms. The monoisotopic (exact) mass is 284 g/mol. The van der Waals surface area contributed by atoms with Gasteiger partial charge in [-0.25, -0.2) is 4.79 Å². The van der Waals surface area contributed by atoms with E-state index in [-0.39, 0.29) is 25.2 Å². The minimum absolute atomic E-state index is 0.0525. The van der Waals surface area contributed by atoms with Crippen LogP contribution in [0.4, 0.5) is 4.79 Å². The highest BCUT2D eigenvalue weighted by atomic mass is 16.4. The van der Waals surface area contributed by atoms with Gasteiger partial charge in [-0.15, -0.1) is 0 Å². The number of hydrogen-bond donors (Lipinski definition) is 2. The fourth-order valence-corrected chi connectivity index (χ4v) is 2.87. The summed E-state index contributed by atoms with van der Waals surface area (Å²) in [5.41, 5.74) is 0. The summed E-state index contributed by atoms with van der Waals surface area (Å²) in [7, 11) is 0. The Hall–Kier alpha value is -1.30. The van der Waals surface area contributed by atoms with E-state index in [9.17, 15) is 9.59 Å². The Morgan fingerprint density at radius 3 is 2.55 bits per heavy atom. The zero-order valence-electron chi connectivity index (χ0n) is 11.8. The van der Waals surface area contributed by atoms with Gasteiger partial charge in [0.1, 0.15) is 6.54 Å². The molecule has 0 aromatic rings. The van der Waals surface area contributed by atoms with Gasteiger partial charge >= 0.3 is 12.0 Å². The highest BCUT2D eigenvalue weighted by Gasteiger charge is 2.33. The van der Waals surface area contributed by atoms with Gasteiger partial charge in [0.25, 0.3) is 0 Å². The summed E-state index contributed by atoms with van der Waals surface area (Å²) in [6, 6.07) is -0.116. The van der Waals surface area contributed by atoms with E-state index in [2.05, 4.69) is 0 Å². The molecule has 0 radical (unpaired) electrons. The second-order valence-electron chi connectivity index (χ2n) is 5.86. The number of carboxylic acids is 1. The van der Waals surface area contributed by atoms with Crippen molar-refractivity contribution in [1.82, 2.24) is 9.80 Å². The number of hydrogen-bond acceptors (Lipinski definition) is 3. The molecule has 2 aliphatic rings. The van der Waals surface area contributed by atoms with Crippen LogP contribution < -0.4 is 0 Å². The SMILES string of the molecule is O=C(O)CN(CC1CC1)C(=O)N1CCCCC1CCO. The number of carbonyl (C=O) groups is 2. The van der Waals surface area contributed by atoms with Gasteiger partial charge in [-0.05, 0) is 44.4 Å². The van der Waals surface area contributed by atoms with E-state index in [1.165, 1.54) is 4.90 Å². The Labute approximate surface area is 119 Å². The number of aliphatic hydroxyl groups excluding tert-OH is 1. The molecule has 1 aliphatic heterocycles. The first kappa shape index (κ1) is 15.1. The molecule has 1 heterocycles. The molecule has 0 bridgehead atoms. The van der Waals surface area contributed by atoms with Crippen LogP contribution in [0.15, 0.2) is 0 Å². The van der Waals surface area contributed by atoms with E-state index < -0.39 is 5.97 Å². The smallest absolute Gasteiger partial charge is 0.323 e. The molecule has 0 spiro atoms. The van der Waals surface area contributed by atoms with Crippen molar-refractivity contribution in [2.75, 3.05) is 26.2 Å². The van der Waals surface area contributed by atoms with Crippen molar-refractivity contribution in [2.45, 2.75) is 44.6 Å². The highest BCUT2D eigenvalue weighted by molar-refractivity contribution is 5.80. The molecular formula is C14H24N2O4. The lowest BCUT2D eigenvalue weighted by atomic mass is 10.00. The number of urea groups is 1. The standard InChI is InChI=1S/C14H24N2O4/c17-8-6-12-3-1-2-7-16(12)14(20)15(10-13(18)19)9-11-4-5-11/h11-12,17H,1-10H2,(H,18,19). The molecule has 1 aliphatic carbocycles. The molecule has 1 saturated carbocycles. The van der Waals surface area contributed by atoms with Gasteiger partial charge in [0.2, 0.25) is 0 Å². The average molecular weight is 284 g/mol. The molecule has 0 aromatic carbocycles. The van der Waals surface area contributed by atoms with Crippen LogP contribution in [-0.4, -0.2) is 64.3 Å². The Balaban J connectivity index is 2.00. The predicted molar refractivity (Wildman–Crippen MR) is 73.4 cm³/mol. The van der Waals surface area contributed by atoms with Crippen molar-refractivity contribution in [1.29, 1.82) is 0 Å². The molecule has 0 aromatic heterocycles. The molecule has 2 rings (SSSR count). The Kier molecular flexibility index (Phi) is 5.23. The fraction of sp³-hybridized carbons (Fsp3) is 0.857. The zero-order valence-corrected chi connectivity index (χ0v) is 11.8. The Bertz CT molecular complexity index is 355. The van der Waals surface area contributed by atoms with Crippen LogP contribution in [-0.2, 0) is 4.79 Å². The lowest BCUT2D eigenvalue weighted by Gasteiger charge is -2.38. The van der Waals surface area contributed by atoms with Crippen LogP contribution in [0.3, 0.4) is 0 Å². The van der Waals surface area contributed by atoms with Crippen molar-refractivity contribution < 1.29 is 19.8 Å². The largest absolute Gasteiger partial charge is 0.480 e. The number of aliphatic hydroxyl groups is 1. The van der Waals surface area contributed by atoms with Crippen LogP contribution in [0.5, 0.6) is 0 Å². The molecule has 2 amide bonds. The minimum Gasteiger partial charge on any atom is -0.480 e. The highest BCUT2D eigenvalue weighted by Crippen LogP contribution is 2.30. The quantitative estimate of drug-likeness (QED) is 0.766. The molecule has 1 saturated heterocycles. The first-order chi connectivity index (χ1) is 9.61. The van der Waals surface area contributed by atoms with Gasteiger partial charge in [-0.1, -0.05) is 0 Å². The average Bonchev–Trinajstić information content (AvgIpc) is 3.22. The van der Waals surface area contributed by atoms with Gasteiger partial charge < -0.3 is 20.0 Å². The number of aliphatic carboxylic acids is 1. The molecule has 2 fully saturated rings. The molecule has 6 nitrogen and oxygen atoms in total. The summed E-state index contributed by atoms with van der Waals surface area (Å²) in [4.78, 5) is 26.8. The first-order valence-corrected chi connectivity index (χ1v) is 7.50. The number of carboxylic acid groups (broad SMARTS) is 1. The Morgan fingerprint density at radius 1 is 1.20 bits per heavy atom. The second kappa shape index (κ2) is 6.92. The van der Waals surface area contributed by atoms with E-state index in [0.29, 0.717) is 25.4 Å². The molecular weight excluding hydrogens is 260 g/mol. The minimum atomic E-state index is -0.963. The van der Waals surface area contributed by atoms with E-state index >= 15 is 0 Å². The normalized spacial score (nSPS) is 22.6. The molecule has 6 heteroatoms. The fourth-order valence-electron chi connectivity index (χ4n) is 2.87. The maximum Gasteiger partial charge on any atom is 0.323 e. The summed E-state index contributed by atoms with van der Waals surface area (Å²) in [5, 5.41) is 18.1. The third-order valence-electron chi connectivity index (χ3n) is 4.11. The van der Waals surface area contributed by atoms with Crippen molar-refractivity contribution in [3.63, 3.8) is 0 Å². The zero-order chi connectivity index (χ0) is 14.5. The van der Waals surface area contributed by atoms with Gasteiger partial charge in [0.15, 0.2) is 0 Å². The van der Waals surface area contributed by atoms with Crippen molar-refractivity contribution in [2.24, 2.45) is 5.92 Å². The number of carbonyl (C=O) groups excluding carboxylic acids is 1. The summed E-state index contributed by atoms with van der Waals surface area (Å²) in [6.45, 7) is 1.06. The van der Waals surface area contributed by atoms with Crippen molar-refractivity contribution in [3.8, 4) is 0 Å². The van der Waals surface area contributed by atoms with Gasteiger partial charge in [0.05, 0.1) is 0 Å². The lowest BCUT2D eigenvalue weighted by Crippen LogP contribution is -2.52. The topological polar surface area (TPSA) is 81.1 Å². The van der Waals surface area contributed by atoms with Crippen LogP contribution >= 0.6 is 0 Å². The van der Waals surface area contributed by atoms with Crippen LogP contribution in [0, 0.1) is 5.92 Å². The first-order valence-electron chi connectivity index (χ1n) is 7.50. The van der Waals surface area contributed by atoms with E-state index in [0.717, 1.165) is 32.1 Å². The number of rotatable bonds is 6. The summed E-state index contributed by atoms with van der Waals surface area (Å²) in [5.74, 6) is -0.492. The van der Waals surface area contributed by atoms with Crippen molar-refractivity contribution in [3.05, 3.63) is 0 Å². The van der Waals surface area contributed by atoms with Crippen LogP contribution in [0.25, 0.3) is 0 Å². The molecule has 114 valence electrons.